The standard InChI is InChI=1S/C16H32N2O3/c1-5-14-13-20-12-11-18(14)10-8-7-9-16(3,17-4)15(19)21-6-2/h14,17H,5-13H2,1-4H3. The molecule has 124 valence electrons. The summed E-state index contributed by atoms with van der Waals surface area (Å²) in [7, 11) is 1.83. The largest absolute Gasteiger partial charge is 0.465 e. The number of carbonyl (C=O) groups is 1. The molecule has 1 aliphatic rings. The summed E-state index contributed by atoms with van der Waals surface area (Å²) in [4.78, 5) is 14.5. The minimum atomic E-state index is -0.564. The van der Waals surface area contributed by atoms with Crippen LogP contribution in [-0.2, 0) is 14.3 Å². The van der Waals surface area contributed by atoms with Crippen molar-refractivity contribution in [2.24, 2.45) is 0 Å². The highest BCUT2D eigenvalue weighted by Crippen LogP contribution is 2.17. The fourth-order valence-corrected chi connectivity index (χ4v) is 2.77. The summed E-state index contributed by atoms with van der Waals surface area (Å²) in [6.07, 6.45) is 4.07. The number of hydrogen-bond acceptors (Lipinski definition) is 5. The van der Waals surface area contributed by atoms with Crippen LogP contribution in [0.5, 0.6) is 0 Å². The fourth-order valence-electron chi connectivity index (χ4n) is 2.77. The van der Waals surface area contributed by atoms with Gasteiger partial charge in [-0.25, -0.2) is 0 Å². The number of nitrogens with one attached hydrogen (secondary N) is 1. The lowest BCUT2D eigenvalue weighted by Gasteiger charge is -2.35. The van der Waals surface area contributed by atoms with Crippen LogP contribution >= 0.6 is 0 Å². The Hall–Kier alpha value is -0.650. The van der Waals surface area contributed by atoms with Crippen molar-refractivity contribution in [3.63, 3.8) is 0 Å². The van der Waals surface area contributed by atoms with E-state index in [4.69, 9.17) is 9.47 Å². The maximum atomic E-state index is 12.0. The van der Waals surface area contributed by atoms with Gasteiger partial charge in [-0.15, -0.1) is 0 Å². The third-order valence-electron chi connectivity index (χ3n) is 4.47. The van der Waals surface area contributed by atoms with Crippen molar-refractivity contribution in [1.29, 1.82) is 0 Å². The molecule has 0 spiro atoms. The summed E-state index contributed by atoms with van der Waals surface area (Å²) < 4.78 is 10.7. The zero-order chi connectivity index (χ0) is 15.7. The Morgan fingerprint density at radius 3 is 2.81 bits per heavy atom. The van der Waals surface area contributed by atoms with Crippen molar-refractivity contribution in [1.82, 2.24) is 10.2 Å². The maximum Gasteiger partial charge on any atom is 0.326 e. The smallest absolute Gasteiger partial charge is 0.326 e. The molecule has 0 aromatic heterocycles. The molecule has 1 aliphatic heterocycles. The van der Waals surface area contributed by atoms with Crippen LogP contribution in [0.15, 0.2) is 0 Å². The SMILES string of the molecule is CCOC(=O)C(C)(CCCCN1CCOCC1CC)NC. The van der Waals surface area contributed by atoms with E-state index in [-0.39, 0.29) is 5.97 Å². The van der Waals surface area contributed by atoms with Gasteiger partial charge in [0.05, 0.1) is 19.8 Å². The lowest BCUT2D eigenvalue weighted by atomic mass is 9.95. The van der Waals surface area contributed by atoms with E-state index in [0.717, 1.165) is 52.0 Å². The van der Waals surface area contributed by atoms with E-state index in [9.17, 15) is 4.79 Å². The molecule has 0 saturated carbocycles. The highest BCUT2D eigenvalue weighted by atomic mass is 16.5. The van der Waals surface area contributed by atoms with Gasteiger partial charge in [-0.3, -0.25) is 9.69 Å². The predicted molar refractivity (Wildman–Crippen MR) is 84.4 cm³/mol. The van der Waals surface area contributed by atoms with Crippen molar-refractivity contribution in [2.75, 3.05) is 40.0 Å². The zero-order valence-corrected chi connectivity index (χ0v) is 14.1. The Kier molecular flexibility index (Phi) is 8.22. The molecule has 21 heavy (non-hydrogen) atoms. The molecule has 5 nitrogen and oxygen atoms in total. The average molecular weight is 300 g/mol. The summed E-state index contributed by atoms with van der Waals surface area (Å²) in [5.41, 5.74) is -0.564. The van der Waals surface area contributed by atoms with Crippen LogP contribution < -0.4 is 5.32 Å². The van der Waals surface area contributed by atoms with E-state index >= 15 is 0 Å². The number of likely N-dealkylation sites (N-methyl/N-ethyl adjacent to an activating group) is 1. The Morgan fingerprint density at radius 2 is 2.19 bits per heavy atom. The van der Waals surface area contributed by atoms with Crippen LogP contribution in [0.25, 0.3) is 0 Å². The number of ether oxygens (including phenoxy) is 2. The second-order valence-electron chi connectivity index (χ2n) is 5.93. The highest BCUT2D eigenvalue weighted by Gasteiger charge is 2.32. The molecular formula is C16H32N2O3. The topological polar surface area (TPSA) is 50.8 Å². The lowest BCUT2D eigenvalue weighted by Crippen LogP contribution is -2.49. The number of carbonyl (C=O) groups excluding carboxylic acids is 1. The predicted octanol–water partition coefficient (Wildman–Crippen LogP) is 1.81. The first-order chi connectivity index (χ1) is 10.1. The zero-order valence-electron chi connectivity index (χ0n) is 14.1. The molecule has 1 rings (SSSR count). The molecule has 0 radical (unpaired) electrons. The highest BCUT2D eigenvalue weighted by molar-refractivity contribution is 5.80. The molecule has 0 aromatic carbocycles. The quantitative estimate of drug-likeness (QED) is 0.520. The molecule has 1 fully saturated rings. The first-order valence-electron chi connectivity index (χ1n) is 8.25. The molecule has 0 bridgehead atoms. The van der Waals surface area contributed by atoms with Crippen LogP contribution in [0.2, 0.25) is 0 Å². The third-order valence-corrected chi connectivity index (χ3v) is 4.47. The van der Waals surface area contributed by atoms with Gasteiger partial charge in [0.2, 0.25) is 0 Å². The van der Waals surface area contributed by atoms with Crippen LogP contribution in [0.4, 0.5) is 0 Å². The number of hydrogen-bond donors (Lipinski definition) is 1. The Bertz CT molecular complexity index is 312. The van der Waals surface area contributed by atoms with Gasteiger partial charge >= 0.3 is 5.97 Å². The second kappa shape index (κ2) is 9.38. The van der Waals surface area contributed by atoms with Crippen molar-refractivity contribution in [3.8, 4) is 0 Å². The number of rotatable bonds is 9. The summed E-state index contributed by atoms with van der Waals surface area (Å²) >= 11 is 0. The molecule has 0 aliphatic carbocycles. The number of esters is 1. The number of nitrogens with zero attached hydrogens (tertiary/aromatic N) is 1. The normalized spacial score (nSPS) is 22.8. The molecule has 2 atom stereocenters. The monoisotopic (exact) mass is 300 g/mol. The minimum absolute atomic E-state index is 0.148. The van der Waals surface area contributed by atoms with Gasteiger partial charge in [-0.1, -0.05) is 6.92 Å². The summed E-state index contributed by atoms with van der Waals surface area (Å²) in [6.45, 7) is 10.2. The van der Waals surface area contributed by atoms with Gasteiger partial charge < -0.3 is 14.8 Å². The van der Waals surface area contributed by atoms with Crippen LogP contribution in [0.1, 0.15) is 46.5 Å². The Balaban J connectivity index is 2.32. The van der Waals surface area contributed by atoms with Crippen LogP contribution in [0.3, 0.4) is 0 Å². The van der Waals surface area contributed by atoms with E-state index < -0.39 is 5.54 Å². The molecule has 1 heterocycles. The van der Waals surface area contributed by atoms with Crippen molar-refractivity contribution >= 4 is 5.97 Å². The van der Waals surface area contributed by atoms with Gasteiger partial charge in [-0.05, 0) is 53.1 Å². The molecule has 0 aromatic rings. The average Bonchev–Trinajstić information content (AvgIpc) is 2.51. The Labute approximate surface area is 129 Å². The molecular weight excluding hydrogens is 268 g/mol. The van der Waals surface area contributed by atoms with E-state index in [1.165, 1.54) is 0 Å². The minimum Gasteiger partial charge on any atom is -0.465 e. The van der Waals surface area contributed by atoms with Gasteiger partial charge in [0.1, 0.15) is 5.54 Å². The molecule has 0 amide bonds. The first kappa shape index (κ1) is 18.4. The lowest BCUT2D eigenvalue weighted by molar-refractivity contribution is -0.150. The van der Waals surface area contributed by atoms with Gasteiger partial charge in [-0.2, -0.15) is 0 Å². The summed E-state index contributed by atoms with van der Waals surface area (Å²) in [5, 5.41) is 3.11. The van der Waals surface area contributed by atoms with Crippen LogP contribution in [0, 0.1) is 0 Å². The second-order valence-corrected chi connectivity index (χ2v) is 5.93. The number of morpholine rings is 1. The number of unbranched alkanes of at least 4 members (excludes halogenated alkanes) is 1. The van der Waals surface area contributed by atoms with Gasteiger partial charge in [0.15, 0.2) is 0 Å². The molecule has 1 N–H and O–H groups in total. The third kappa shape index (κ3) is 5.57. The van der Waals surface area contributed by atoms with Crippen molar-refractivity contribution in [3.05, 3.63) is 0 Å². The van der Waals surface area contributed by atoms with E-state index in [0.29, 0.717) is 12.6 Å². The van der Waals surface area contributed by atoms with Gasteiger partial charge in [0.25, 0.3) is 0 Å². The molecule has 1 saturated heterocycles. The first-order valence-corrected chi connectivity index (χ1v) is 8.25. The van der Waals surface area contributed by atoms with Gasteiger partial charge in [0, 0.05) is 12.6 Å². The van der Waals surface area contributed by atoms with Crippen molar-refractivity contribution < 1.29 is 14.3 Å². The Morgan fingerprint density at radius 1 is 1.43 bits per heavy atom. The summed E-state index contributed by atoms with van der Waals surface area (Å²) in [6, 6.07) is 0.555. The summed E-state index contributed by atoms with van der Waals surface area (Å²) in [5.74, 6) is -0.148. The van der Waals surface area contributed by atoms with Crippen LogP contribution in [-0.4, -0.2) is 62.4 Å². The fraction of sp³-hybridized carbons (Fsp3) is 0.938. The van der Waals surface area contributed by atoms with E-state index in [1.54, 1.807) is 0 Å². The van der Waals surface area contributed by atoms with E-state index in [2.05, 4.69) is 17.1 Å². The van der Waals surface area contributed by atoms with E-state index in [1.807, 2.05) is 20.9 Å². The molecule has 5 heteroatoms. The molecule has 2 unspecified atom stereocenters. The van der Waals surface area contributed by atoms with Crippen molar-refractivity contribution in [2.45, 2.75) is 58.0 Å². The maximum absolute atomic E-state index is 12.0.